The molecule has 2 heterocycles. The van der Waals surface area contributed by atoms with Crippen LogP contribution >= 0.6 is 46.3 Å². The van der Waals surface area contributed by atoms with Crippen molar-refractivity contribution in [3.63, 3.8) is 0 Å². The summed E-state index contributed by atoms with van der Waals surface area (Å²) in [5.41, 5.74) is 9.66. The number of carbonyl (C=O) groups is 1. The van der Waals surface area contributed by atoms with Crippen molar-refractivity contribution >= 4 is 57.9 Å². The molecule has 5 nitrogen and oxygen atoms in total. The number of nitrogens with zero attached hydrogens (tertiary/aromatic N) is 2. The molecule has 168 valence electrons. The third-order valence-corrected chi connectivity index (χ3v) is 8.37. The molecule has 1 aromatic heterocycles. The minimum absolute atomic E-state index is 0.0107. The molecule has 0 radical (unpaired) electrons. The predicted octanol–water partition coefficient (Wildman–Crippen LogP) is 5.92. The number of nitrogen functional groups attached to an aromatic ring is 1. The zero-order valence-electron chi connectivity index (χ0n) is 17.6. The van der Waals surface area contributed by atoms with Gasteiger partial charge in [0, 0.05) is 42.7 Å². The molecule has 0 spiro atoms. The number of nitrogens with two attached hydrogens (primary N) is 1. The van der Waals surface area contributed by atoms with Crippen molar-refractivity contribution in [2.75, 3.05) is 12.3 Å². The van der Waals surface area contributed by atoms with Gasteiger partial charge in [0.25, 0.3) is 0 Å². The highest BCUT2D eigenvalue weighted by molar-refractivity contribution is 8.01. The van der Waals surface area contributed by atoms with Crippen molar-refractivity contribution in [2.45, 2.75) is 42.1 Å². The van der Waals surface area contributed by atoms with Gasteiger partial charge in [0.15, 0.2) is 4.34 Å². The van der Waals surface area contributed by atoms with E-state index in [0.29, 0.717) is 10.0 Å². The summed E-state index contributed by atoms with van der Waals surface area (Å²) >= 11 is 15.7. The molecule has 1 aliphatic rings. The van der Waals surface area contributed by atoms with Crippen LogP contribution in [0.5, 0.6) is 0 Å². The number of amides is 1. The van der Waals surface area contributed by atoms with E-state index < -0.39 is 0 Å². The summed E-state index contributed by atoms with van der Waals surface area (Å²) in [7, 11) is 0. The topological polar surface area (TPSA) is 71.2 Å². The molecule has 0 aliphatic carbocycles. The summed E-state index contributed by atoms with van der Waals surface area (Å²) in [6.45, 7) is 3.21. The van der Waals surface area contributed by atoms with Crippen LogP contribution in [0.4, 0.5) is 5.69 Å². The maximum absolute atomic E-state index is 11.6. The quantitative estimate of drug-likeness (QED) is 0.406. The zero-order valence-corrected chi connectivity index (χ0v) is 20.7. The molecule has 1 amide bonds. The van der Waals surface area contributed by atoms with E-state index in [4.69, 9.17) is 33.9 Å². The van der Waals surface area contributed by atoms with Crippen LogP contribution in [0.1, 0.15) is 25.3 Å². The standard InChI is InChI=1S/C23H24Cl2N4OS2/c1-14(30)27-18-8-9-29(12-15-2-7-19(24)20(25)10-15)22(11-18)32-23-28-21(13-31-23)16-3-5-17(26)6-4-16/h2-7,10,13,18,22H,8-9,11-12,26H2,1H3,(H,27,30). The Balaban J connectivity index is 1.51. The lowest BCUT2D eigenvalue weighted by molar-refractivity contribution is -0.120. The van der Waals surface area contributed by atoms with E-state index in [0.717, 1.165) is 52.8 Å². The summed E-state index contributed by atoms with van der Waals surface area (Å²) in [4.78, 5) is 18.9. The number of hydrogen-bond acceptors (Lipinski definition) is 6. The Morgan fingerprint density at radius 2 is 2.03 bits per heavy atom. The number of hydrogen-bond donors (Lipinski definition) is 2. The normalized spacial score (nSPS) is 19.1. The average Bonchev–Trinajstić information content (AvgIpc) is 3.21. The number of aromatic nitrogens is 1. The molecule has 1 aliphatic heterocycles. The molecule has 2 unspecified atom stereocenters. The highest BCUT2D eigenvalue weighted by atomic mass is 35.5. The van der Waals surface area contributed by atoms with E-state index in [1.807, 2.05) is 42.5 Å². The first-order valence-electron chi connectivity index (χ1n) is 10.3. The Labute approximate surface area is 206 Å². The van der Waals surface area contributed by atoms with Gasteiger partial charge in [-0.2, -0.15) is 0 Å². The Morgan fingerprint density at radius 1 is 1.25 bits per heavy atom. The van der Waals surface area contributed by atoms with Gasteiger partial charge in [0.1, 0.15) is 0 Å². The van der Waals surface area contributed by atoms with E-state index in [1.165, 1.54) is 0 Å². The molecule has 1 fully saturated rings. The number of thiazole rings is 1. The van der Waals surface area contributed by atoms with Crippen molar-refractivity contribution in [3.05, 3.63) is 63.5 Å². The molecular formula is C23H24Cl2N4OS2. The number of thioether (sulfide) groups is 1. The van der Waals surface area contributed by atoms with Crippen molar-refractivity contribution < 1.29 is 4.79 Å². The molecule has 3 aromatic rings. The highest BCUT2D eigenvalue weighted by Gasteiger charge is 2.30. The molecule has 0 saturated carbocycles. The molecule has 1 saturated heterocycles. The van der Waals surface area contributed by atoms with Crippen LogP contribution < -0.4 is 11.1 Å². The molecule has 4 rings (SSSR count). The monoisotopic (exact) mass is 506 g/mol. The summed E-state index contributed by atoms with van der Waals surface area (Å²) < 4.78 is 1.00. The molecule has 32 heavy (non-hydrogen) atoms. The first kappa shape index (κ1) is 23.4. The van der Waals surface area contributed by atoms with Crippen molar-refractivity contribution in [1.82, 2.24) is 15.2 Å². The molecular weight excluding hydrogens is 483 g/mol. The molecule has 0 bridgehead atoms. The van der Waals surface area contributed by atoms with E-state index in [1.54, 1.807) is 30.0 Å². The first-order valence-corrected chi connectivity index (χ1v) is 12.8. The summed E-state index contributed by atoms with van der Waals surface area (Å²) in [5.74, 6) is 0.0107. The van der Waals surface area contributed by atoms with Gasteiger partial charge < -0.3 is 11.1 Å². The van der Waals surface area contributed by atoms with Crippen LogP contribution in [0.2, 0.25) is 10.0 Å². The van der Waals surface area contributed by atoms with Crippen LogP contribution in [0.25, 0.3) is 11.3 Å². The van der Waals surface area contributed by atoms with Crippen LogP contribution in [-0.4, -0.2) is 33.8 Å². The number of carbonyl (C=O) groups excluding carboxylic acids is 1. The Kier molecular flexibility index (Phi) is 7.63. The summed E-state index contributed by atoms with van der Waals surface area (Å²) in [6, 6.07) is 13.7. The van der Waals surface area contributed by atoms with Gasteiger partial charge in [-0.15, -0.1) is 11.3 Å². The number of halogens is 2. The maximum atomic E-state index is 11.6. The smallest absolute Gasteiger partial charge is 0.217 e. The SMILES string of the molecule is CC(=O)NC1CCN(Cc2ccc(Cl)c(Cl)c2)C(Sc2nc(-c3ccc(N)cc3)cs2)C1. The molecule has 2 atom stereocenters. The minimum Gasteiger partial charge on any atom is -0.399 e. The first-order chi connectivity index (χ1) is 15.4. The number of anilines is 1. The number of rotatable bonds is 6. The zero-order chi connectivity index (χ0) is 22.7. The Hall–Kier alpha value is -1.77. The lowest BCUT2D eigenvalue weighted by Gasteiger charge is -2.39. The van der Waals surface area contributed by atoms with Gasteiger partial charge in [0.2, 0.25) is 5.91 Å². The van der Waals surface area contributed by atoms with Gasteiger partial charge in [-0.05, 0) is 42.7 Å². The van der Waals surface area contributed by atoms with E-state index in [-0.39, 0.29) is 17.3 Å². The fraction of sp³-hybridized carbons (Fsp3) is 0.304. The summed E-state index contributed by atoms with van der Waals surface area (Å²) in [6.07, 6.45) is 1.76. The largest absolute Gasteiger partial charge is 0.399 e. The number of piperidine rings is 1. The number of likely N-dealkylation sites (tertiary alicyclic amines) is 1. The highest BCUT2D eigenvalue weighted by Crippen LogP contribution is 2.37. The summed E-state index contributed by atoms with van der Waals surface area (Å²) in [5, 5.41) is 6.47. The fourth-order valence-electron chi connectivity index (χ4n) is 3.78. The second kappa shape index (κ2) is 10.4. The third-order valence-electron chi connectivity index (χ3n) is 5.36. The second-order valence-corrected chi connectivity index (χ2v) is 10.9. The number of benzene rings is 2. The Bertz CT molecular complexity index is 1090. The van der Waals surface area contributed by atoms with Gasteiger partial charge in [-0.3, -0.25) is 9.69 Å². The lowest BCUT2D eigenvalue weighted by Crippen LogP contribution is -2.47. The fourth-order valence-corrected chi connectivity index (χ4v) is 6.40. The van der Waals surface area contributed by atoms with Gasteiger partial charge in [-0.1, -0.05) is 53.2 Å². The van der Waals surface area contributed by atoms with Crippen molar-refractivity contribution in [2.24, 2.45) is 0 Å². The molecule has 9 heteroatoms. The van der Waals surface area contributed by atoms with Crippen molar-refractivity contribution in [1.29, 1.82) is 0 Å². The second-order valence-electron chi connectivity index (χ2n) is 7.83. The number of nitrogens with one attached hydrogen (secondary N) is 1. The van der Waals surface area contributed by atoms with Gasteiger partial charge in [0.05, 0.1) is 21.1 Å². The predicted molar refractivity (Wildman–Crippen MR) is 135 cm³/mol. The van der Waals surface area contributed by atoms with Crippen LogP contribution in [0, 0.1) is 0 Å². The van der Waals surface area contributed by atoms with E-state index in [2.05, 4.69) is 15.6 Å². The van der Waals surface area contributed by atoms with Crippen LogP contribution in [0.3, 0.4) is 0 Å². The van der Waals surface area contributed by atoms with Gasteiger partial charge in [-0.25, -0.2) is 4.98 Å². The third kappa shape index (κ3) is 5.97. The van der Waals surface area contributed by atoms with Crippen molar-refractivity contribution in [3.8, 4) is 11.3 Å². The molecule has 3 N–H and O–H groups in total. The van der Waals surface area contributed by atoms with E-state index >= 15 is 0 Å². The van der Waals surface area contributed by atoms with E-state index in [9.17, 15) is 4.79 Å². The Morgan fingerprint density at radius 3 is 2.75 bits per heavy atom. The lowest BCUT2D eigenvalue weighted by atomic mass is 10.0. The van der Waals surface area contributed by atoms with Gasteiger partial charge >= 0.3 is 0 Å². The maximum Gasteiger partial charge on any atom is 0.217 e. The molecule has 2 aromatic carbocycles. The van der Waals surface area contributed by atoms with Crippen LogP contribution in [-0.2, 0) is 11.3 Å². The van der Waals surface area contributed by atoms with Crippen LogP contribution in [0.15, 0.2) is 52.2 Å². The average molecular weight is 508 g/mol. The minimum atomic E-state index is 0.0107.